The van der Waals surface area contributed by atoms with Crippen LogP contribution in [0.25, 0.3) is 0 Å². The van der Waals surface area contributed by atoms with Crippen molar-refractivity contribution >= 4 is 9.84 Å². The molecule has 2 atom stereocenters. The largest absolute Gasteiger partial charge is 0.396 e. The third-order valence-electron chi connectivity index (χ3n) is 3.42. The molecule has 2 unspecified atom stereocenters. The number of rotatable bonds is 2. The Bertz CT molecular complexity index is 269. The minimum atomic E-state index is -2.71. The molecule has 1 heterocycles. The second-order valence-electron chi connectivity index (χ2n) is 4.33. The summed E-state index contributed by atoms with van der Waals surface area (Å²) in [5.74, 6) is 2.41. The molecule has 1 saturated carbocycles. The summed E-state index contributed by atoms with van der Waals surface area (Å²) in [6.07, 6.45) is 2.76. The lowest BCUT2D eigenvalue weighted by molar-refractivity contribution is 0.254. The fourth-order valence-electron chi connectivity index (χ4n) is 2.39. The van der Waals surface area contributed by atoms with Gasteiger partial charge in [-0.3, -0.25) is 0 Å². The molecule has 0 spiro atoms. The van der Waals surface area contributed by atoms with Gasteiger partial charge in [0.05, 0.1) is 11.5 Å². The Balaban J connectivity index is 1.86. The van der Waals surface area contributed by atoms with E-state index in [0.29, 0.717) is 29.3 Å². The molecule has 76 valence electrons. The van der Waals surface area contributed by atoms with Crippen molar-refractivity contribution in [1.29, 1.82) is 0 Å². The summed E-state index contributed by atoms with van der Waals surface area (Å²) in [5.41, 5.74) is 0. The summed E-state index contributed by atoms with van der Waals surface area (Å²) in [6.45, 7) is 0.286. The molecule has 4 heteroatoms. The third kappa shape index (κ3) is 2.05. The number of hydrogen-bond acceptors (Lipinski definition) is 3. The minimum Gasteiger partial charge on any atom is -0.396 e. The van der Waals surface area contributed by atoms with Crippen LogP contribution in [0.3, 0.4) is 0 Å². The highest BCUT2D eigenvalue weighted by Gasteiger charge is 2.43. The fourth-order valence-corrected chi connectivity index (χ4v) is 3.92. The third-order valence-corrected chi connectivity index (χ3v) is 5.13. The molecule has 0 aromatic carbocycles. The molecule has 0 aromatic heterocycles. The first-order chi connectivity index (χ1) is 6.12. The first kappa shape index (κ1) is 9.46. The molecular formula is C9H16O3S. The Kier molecular flexibility index (Phi) is 2.36. The van der Waals surface area contributed by atoms with E-state index in [4.69, 9.17) is 5.11 Å². The molecule has 0 amide bonds. The summed E-state index contributed by atoms with van der Waals surface area (Å²) in [5, 5.41) is 8.89. The van der Waals surface area contributed by atoms with E-state index < -0.39 is 9.84 Å². The van der Waals surface area contributed by atoms with Crippen molar-refractivity contribution in [2.24, 2.45) is 17.8 Å². The quantitative estimate of drug-likeness (QED) is 0.710. The molecule has 2 aliphatic rings. The van der Waals surface area contributed by atoms with Gasteiger partial charge in [0.1, 0.15) is 9.84 Å². The van der Waals surface area contributed by atoms with Gasteiger partial charge in [-0.25, -0.2) is 8.42 Å². The highest BCUT2D eigenvalue weighted by Crippen LogP contribution is 2.47. The molecule has 1 aliphatic carbocycles. The van der Waals surface area contributed by atoms with Gasteiger partial charge in [0.15, 0.2) is 0 Å². The van der Waals surface area contributed by atoms with E-state index >= 15 is 0 Å². The van der Waals surface area contributed by atoms with Crippen molar-refractivity contribution in [2.75, 3.05) is 18.1 Å². The predicted octanol–water partition coefficient (Wildman–Crippen LogP) is 0.440. The summed E-state index contributed by atoms with van der Waals surface area (Å²) in [7, 11) is -2.71. The molecular weight excluding hydrogens is 188 g/mol. The molecule has 1 saturated heterocycles. The maximum Gasteiger partial charge on any atom is 0.150 e. The van der Waals surface area contributed by atoms with Crippen LogP contribution in [0, 0.1) is 17.8 Å². The van der Waals surface area contributed by atoms with E-state index in [9.17, 15) is 8.42 Å². The van der Waals surface area contributed by atoms with E-state index in [0.717, 1.165) is 19.3 Å². The summed E-state index contributed by atoms with van der Waals surface area (Å²) < 4.78 is 22.3. The summed E-state index contributed by atoms with van der Waals surface area (Å²) in [6, 6.07) is 0. The fraction of sp³-hybridized carbons (Fsp3) is 1.00. The van der Waals surface area contributed by atoms with Crippen molar-refractivity contribution in [1.82, 2.24) is 0 Å². The van der Waals surface area contributed by atoms with Crippen LogP contribution in [0.2, 0.25) is 0 Å². The second kappa shape index (κ2) is 3.24. The van der Waals surface area contributed by atoms with Crippen LogP contribution < -0.4 is 0 Å². The van der Waals surface area contributed by atoms with E-state index in [-0.39, 0.29) is 6.61 Å². The van der Waals surface area contributed by atoms with Crippen LogP contribution in [0.15, 0.2) is 0 Å². The Morgan fingerprint density at radius 1 is 1.23 bits per heavy atom. The van der Waals surface area contributed by atoms with Gasteiger partial charge < -0.3 is 5.11 Å². The van der Waals surface area contributed by atoms with Crippen LogP contribution in [0.1, 0.15) is 19.3 Å². The van der Waals surface area contributed by atoms with Crippen LogP contribution in [-0.4, -0.2) is 31.6 Å². The Morgan fingerprint density at radius 2 is 1.85 bits per heavy atom. The van der Waals surface area contributed by atoms with E-state index in [1.54, 1.807) is 0 Å². The normalized spacial score (nSPS) is 38.8. The summed E-state index contributed by atoms with van der Waals surface area (Å²) >= 11 is 0. The maximum atomic E-state index is 11.1. The zero-order valence-electron chi connectivity index (χ0n) is 7.65. The summed E-state index contributed by atoms with van der Waals surface area (Å²) in [4.78, 5) is 0. The first-order valence-corrected chi connectivity index (χ1v) is 6.76. The van der Waals surface area contributed by atoms with Crippen LogP contribution in [0.4, 0.5) is 0 Å². The minimum absolute atomic E-state index is 0.286. The SMILES string of the molecule is O=S1(=O)CCC(C2CC2CO)CC1. The van der Waals surface area contributed by atoms with E-state index in [2.05, 4.69) is 0 Å². The zero-order valence-corrected chi connectivity index (χ0v) is 8.46. The molecule has 0 aromatic rings. The Hall–Kier alpha value is -0.0900. The molecule has 3 nitrogen and oxygen atoms in total. The molecule has 1 N–H and O–H groups in total. The smallest absolute Gasteiger partial charge is 0.150 e. The van der Waals surface area contributed by atoms with Crippen molar-refractivity contribution < 1.29 is 13.5 Å². The Morgan fingerprint density at radius 3 is 2.31 bits per heavy atom. The van der Waals surface area contributed by atoms with Crippen LogP contribution >= 0.6 is 0 Å². The molecule has 2 fully saturated rings. The van der Waals surface area contributed by atoms with Gasteiger partial charge in [-0.05, 0) is 37.0 Å². The zero-order chi connectivity index (χ0) is 9.47. The average Bonchev–Trinajstić information content (AvgIpc) is 2.83. The highest BCUT2D eigenvalue weighted by atomic mass is 32.2. The van der Waals surface area contributed by atoms with Crippen LogP contribution in [-0.2, 0) is 9.84 Å². The average molecular weight is 204 g/mol. The van der Waals surface area contributed by atoms with Gasteiger partial charge in [-0.2, -0.15) is 0 Å². The lowest BCUT2D eigenvalue weighted by Crippen LogP contribution is -2.24. The molecule has 13 heavy (non-hydrogen) atoms. The van der Waals surface area contributed by atoms with Gasteiger partial charge in [0.25, 0.3) is 0 Å². The van der Waals surface area contributed by atoms with Crippen molar-refractivity contribution in [3.63, 3.8) is 0 Å². The molecule has 0 radical (unpaired) electrons. The number of sulfone groups is 1. The van der Waals surface area contributed by atoms with Gasteiger partial charge in [-0.1, -0.05) is 0 Å². The Labute approximate surface area is 79.1 Å². The van der Waals surface area contributed by atoms with E-state index in [1.165, 1.54) is 0 Å². The maximum absolute atomic E-state index is 11.1. The lowest BCUT2D eigenvalue weighted by atomic mass is 9.96. The topological polar surface area (TPSA) is 54.4 Å². The molecule has 2 rings (SSSR count). The van der Waals surface area contributed by atoms with Gasteiger partial charge in [0.2, 0.25) is 0 Å². The number of hydrogen-bond donors (Lipinski definition) is 1. The van der Waals surface area contributed by atoms with Gasteiger partial charge in [0, 0.05) is 6.61 Å². The van der Waals surface area contributed by atoms with E-state index in [1.807, 2.05) is 0 Å². The predicted molar refractivity (Wildman–Crippen MR) is 50.1 cm³/mol. The first-order valence-electron chi connectivity index (χ1n) is 4.93. The van der Waals surface area contributed by atoms with Crippen molar-refractivity contribution in [2.45, 2.75) is 19.3 Å². The van der Waals surface area contributed by atoms with Crippen molar-refractivity contribution in [3.05, 3.63) is 0 Å². The monoisotopic (exact) mass is 204 g/mol. The molecule has 1 aliphatic heterocycles. The lowest BCUT2D eigenvalue weighted by Gasteiger charge is -2.21. The number of aliphatic hydroxyl groups excluding tert-OH is 1. The second-order valence-corrected chi connectivity index (χ2v) is 6.64. The highest BCUT2D eigenvalue weighted by molar-refractivity contribution is 7.91. The van der Waals surface area contributed by atoms with Crippen molar-refractivity contribution in [3.8, 4) is 0 Å². The van der Waals surface area contributed by atoms with Gasteiger partial charge >= 0.3 is 0 Å². The standard InChI is InChI=1S/C9H16O3S/c10-6-8-5-9(8)7-1-3-13(11,12)4-2-7/h7-10H,1-6H2. The molecule has 0 bridgehead atoms. The number of aliphatic hydroxyl groups is 1. The van der Waals surface area contributed by atoms with Gasteiger partial charge in [-0.15, -0.1) is 0 Å². The van der Waals surface area contributed by atoms with Crippen LogP contribution in [0.5, 0.6) is 0 Å².